The third-order valence-electron chi connectivity index (χ3n) is 4.44. The Morgan fingerprint density at radius 2 is 1.79 bits per heavy atom. The number of aromatic nitrogens is 1. The zero-order valence-electron chi connectivity index (χ0n) is 16.1. The number of benzene rings is 2. The predicted octanol–water partition coefficient (Wildman–Crippen LogP) is 3.57. The molecule has 3 rings (SSSR count). The number of carbonyl (C=O) groups is 1. The smallest absolute Gasteiger partial charge is 0.232 e. The summed E-state index contributed by atoms with van der Waals surface area (Å²) in [6.07, 6.45) is 0.751. The van der Waals surface area contributed by atoms with E-state index >= 15 is 0 Å². The molecular weight excluding hydrogens is 372 g/mol. The fourth-order valence-electron chi connectivity index (χ4n) is 2.88. The molecule has 6 heteroatoms. The first-order valence-corrected chi connectivity index (χ1v) is 10.7. The molecular formula is C22H24N2O3S. The average Bonchev–Trinajstić information content (AvgIpc) is 3.03. The van der Waals surface area contributed by atoms with Crippen molar-refractivity contribution in [2.45, 2.75) is 26.0 Å². The number of nitrogens with one attached hydrogen (secondary N) is 1. The van der Waals surface area contributed by atoms with Crippen molar-refractivity contribution in [2.24, 2.45) is 0 Å². The molecule has 0 saturated heterocycles. The fourth-order valence-corrected chi connectivity index (χ4v) is 3.95. The number of hydrogen-bond donors (Lipinski definition) is 1. The molecule has 0 bridgehead atoms. The molecule has 5 nitrogen and oxygen atoms in total. The zero-order valence-corrected chi connectivity index (χ0v) is 16.9. The second kappa shape index (κ2) is 9.46. The quantitative estimate of drug-likeness (QED) is 0.632. The summed E-state index contributed by atoms with van der Waals surface area (Å²) < 4.78 is 18.1. The lowest BCUT2D eigenvalue weighted by Gasteiger charge is -2.05. The molecule has 1 aromatic heterocycles. The Bertz CT molecular complexity index is 967. The lowest BCUT2D eigenvalue weighted by atomic mass is 10.1. The van der Waals surface area contributed by atoms with Crippen LogP contribution in [0.3, 0.4) is 0 Å². The van der Waals surface area contributed by atoms with E-state index in [9.17, 15) is 9.00 Å². The first-order valence-electron chi connectivity index (χ1n) is 9.21. The van der Waals surface area contributed by atoms with Gasteiger partial charge in [-0.2, -0.15) is 0 Å². The number of aryl methyl sites for hydroxylation is 2. The maximum Gasteiger partial charge on any atom is 0.232 e. The minimum atomic E-state index is -1.34. The van der Waals surface area contributed by atoms with Gasteiger partial charge >= 0.3 is 0 Å². The number of oxazole rings is 1. The molecule has 0 spiro atoms. The molecule has 1 atom stereocenters. The van der Waals surface area contributed by atoms with Crippen LogP contribution in [0.2, 0.25) is 0 Å². The first-order chi connectivity index (χ1) is 13.5. The van der Waals surface area contributed by atoms with Crippen molar-refractivity contribution < 1.29 is 13.4 Å². The van der Waals surface area contributed by atoms with Gasteiger partial charge < -0.3 is 9.73 Å². The van der Waals surface area contributed by atoms with Gasteiger partial charge in [0.25, 0.3) is 0 Å². The van der Waals surface area contributed by atoms with E-state index in [0.29, 0.717) is 23.9 Å². The third kappa shape index (κ3) is 5.39. The molecule has 0 aliphatic carbocycles. The number of amides is 1. The Morgan fingerprint density at radius 3 is 2.54 bits per heavy atom. The Hall–Kier alpha value is -2.73. The van der Waals surface area contributed by atoms with Crippen LogP contribution in [-0.4, -0.2) is 27.4 Å². The third-order valence-corrected chi connectivity index (χ3v) is 5.62. The first kappa shape index (κ1) is 20.0. The molecule has 2 aromatic carbocycles. The van der Waals surface area contributed by atoms with Crippen molar-refractivity contribution in [3.05, 3.63) is 77.2 Å². The molecule has 0 saturated carbocycles. The second-order valence-electron chi connectivity index (χ2n) is 6.65. The highest BCUT2D eigenvalue weighted by Gasteiger charge is 2.16. The van der Waals surface area contributed by atoms with Crippen molar-refractivity contribution in [3.8, 4) is 11.5 Å². The molecule has 0 fully saturated rings. The summed E-state index contributed by atoms with van der Waals surface area (Å²) in [5.74, 6) is 1.11. The Morgan fingerprint density at radius 1 is 1.07 bits per heavy atom. The molecule has 28 heavy (non-hydrogen) atoms. The van der Waals surface area contributed by atoms with E-state index in [4.69, 9.17) is 4.42 Å². The molecule has 1 amide bonds. The minimum Gasteiger partial charge on any atom is -0.441 e. The van der Waals surface area contributed by atoms with Crippen LogP contribution in [0, 0.1) is 13.8 Å². The van der Waals surface area contributed by atoms with Gasteiger partial charge in [0.05, 0.1) is 11.4 Å². The normalized spacial score (nSPS) is 11.9. The highest BCUT2D eigenvalue weighted by Crippen LogP contribution is 2.25. The maximum absolute atomic E-state index is 12.4. The van der Waals surface area contributed by atoms with E-state index < -0.39 is 10.8 Å². The molecule has 0 aliphatic heterocycles. The summed E-state index contributed by atoms with van der Waals surface area (Å²) in [6, 6.07) is 17.8. The van der Waals surface area contributed by atoms with Crippen molar-refractivity contribution in [1.29, 1.82) is 0 Å². The van der Waals surface area contributed by atoms with E-state index in [1.807, 2.05) is 61.5 Å². The lowest BCUT2D eigenvalue weighted by molar-refractivity contribution is -0.118. The summed E-state index contributed by atoms with van der Waals surface area (Å²) in [5.41, 5.74) is 3.77. The molecule has 0 aliphatic rings. The molecule has 3 aromatic rings. The topological polar surface area (TPSA) is 72.2 Å². The van der Waals surface area contributed by atoms with E-state index in [1.165, 1.54) is 0 Å². The highest BCUT2D eigenvalue weighted by molar-refractivity contribution is 7.84. The molecule has 1 heterocycles. The Balaban J connectivity index is 1.52. The maximum atomic E-state index is 12.4. The van der Waals surface area contributed by atoms with Crippen LogP contribution >= 0.6 is 0 Å². The Kier molecular flexibility index (Phi) is 6.76. The SMILES string of the molecule is Cc1ccccc1-c1nc(C[S@](=O)CC(=O)NCCc2ccccc2)c(C)o1. The van der Waals surface area contributed by atoms with Crippen molar-refractivity contribution in [1.82, 2.24) is 10.3 Å². The van der Waals surface area contributed by atoms with Crippen LogP contribution in [0.4, 0.5) is 0 Å². The summed E-state index contributed by atoms with van der Waals surface area (Å²) in [5, 5.41) is 2.83. The Labute approximate surface area is 167 Å². The van der Waals surface area contributed by atoms with Gasteiger partial charge in [-0.1, -0.05) is 48.5 Å². The van der Waals surface area contributed by atoms with Crippen LogP contribution in [0.25, 0.3) is 11.5 Å². The summed E-state index contributed by atoms with van der Waals surface area (Å²) in [6.45, 7) is 4.33. The van der Waals surface area contributed by atoms with Crippen molar-refractivity contribution in [2.75, 3.05) is 12.3 Å². The highest BCUT2D eigenvalue weighted by atomic mass is 32.2. The van der Waals surface area contributed by atoms with Crippen LogP contribution < -0.4 is 5.32 Å². The van der Waals surface area contributed by atoms with Gasteiger partial charge in [0, 0.05) is 22.9 Å². The van der Waals surface area contributed by atoms with Crippen molar-refractivity contribution >= 4 is 16.7 Å². The lowest BCUT2D eigenvalue weighted by Crippen LogP contribution is -2.30. The predicted molar refractivity (Wildman–Crippen MR) is 111 cm³/mol. The minimum absolute atomic E-state index is 0.0409. The summed E-state index contributed by atoms with van der Waals surface area (Å²) >= 11 is 0. The fraction of sp³-hybridized carbons (Fsp3) is 0.273. The number of nitrogens with zero attached hydrogens (tertiary/aromatic N) is 1. The van der Waals surface area contributed by atoms with Gasteiger partial charge in [0.2, 0.25) is 11.8 Å². The van der Waals surface area contributed by atoms with E-state index in [1.54, 1.807) is 6.92 Å². The van der Waals surface area contributed by atoms with Gasteiger partial charge in [0.15, 0.2) is 0 Å². The monoisotopic (exact) mass is 396 g/mol. The van der Waals surface area contributed by atoms with Crippen LogP contribution in [-0.2, 0) is 27.8 Å². The molecule has 0 unspecified atom stereocenters. The van der Waals surface area contributed by atoms with Gasteiger partial charge in [-0.25, -0.2) is 4.98 Å². The van der Waals surface area contributed by atoms with Crippen LogP contribution in [0.15, 0.2) is 59.0 Å². The van der Waals surface area contributed by atoms with E-state index in [0.717, 1.165) is 23.1 Å². The van der Waals surface area contributed by atoms with Gasteiger partial charge in [0.1, 0.15) is 11.5 Å². The van der Waals surface area contributed by atoms with Gasteiger partial charge in [-0.05, 0) is 37.5 Å². The van der Waals surface area contributed by atoms with Crippen molar-refractivity contribution in [3.63, 3.8) is 0 Å². The number of rotatable bonds is 8. The molecule has 146 valence electrons. The van der Waals surface area contributed by atoms with E-state index in [2.05, 4.69) is 10.3 Å². The van der Waals surface area contributed by atoms with E-state index in [-0.39, 0.29) is 17.4 Å². The van der Waals surface area contributed by atoms with Gasteiger partial charge in [-0.3, -0.25) is 9.00 Å². The second-order valence-corrected chi connectivity index (χ2v) is 8.11. The zero-order chi connectivity index (χ0) is 19.9. The number of hydrogen-bond acceptors (Lipinski definition) is 4. The standard InChI is InChI=1S/C22H24N2O3S/c1-16-8-6-7-11-19(16)22-24-20(17(2)27-22)14-28(26)15-21(25)23-13-12-18-9-4-3-5-10-18/h3-11H,12-15H2,1-2H3,(H,23,25)/t28-/m0/s1. The van der Waals surface area contributed by atoms with Crippen LogP contribution in [0.1, 0.15) is 22.6 Å². The summed E-state index contributed by atoms with van der Waals surface area (Å²) in [7, 11) is -1.34. The summed E-state index contributed by atoms with van der Waals surface area (Å²) in [4.78, 5) is 16.5. The largest absolute Gasteiger partial charge is 0.441 e. The van der Waals surface area contributed by atoms with Gasteiger partial charge in [-0.15, -0.1) is 0 Å². The molecule has 0 radical (unpaired) electrons. The number of carbonyl (C=O) groups excluding carboxylic acids is 1. The average molecular weight is 397 g/mol. The van der Waals surface area contributed by atoms with Crippen LogP contribution in [0.5, 0.6) is 0 Å². The molecule has 1 N–H and O–H groups in total.